The monoisotopic (exact) mass is 647 g/mol. The van der Waals surface area contributed by atoms with Gasteiger partial charge in [0.05, 0.1) is 35.8 Å². The third kappa shape index (κ3) is 9.24. The normalized spacial score (nSPS) is 12.6. The van der Waals surface area contributed by atoms with Gasteiger partial charge in [-0.05, 0) is 53.2 Å². The summed E-state index contributed by atoms with van der Waals surface area (Å²) < 4.78 is 19.3. The average Bonchev–Trinajstić information content (AvgIpc) is 3.38. The molecule has 3 amide bonds. The lowest BCUT2D eigenvalue weighted by molar-refractivity contribution is -0.127. The molecule has 13 nitrogen and oxygen atoms in total. The Morgan fingerprint density at radius 3 is 2.38 bits per heavy atom. The number of nitrogens with one attached hydrogen (secondary N) is 3. The Kier molecular flexibility index (Phi) is 11.5. The van der Waals surface area contributed by atoms with E-state index in [4.69, 9.17) is 24.9 Å². The zero-order valence-electron chi connectivity index (χ0n) is 27.9. The number of rotatable bonds is 15. The van der Waals surface area contributed by atoms with Crippen LogP contribution in [0.1, 0.15) is 52.9 Å². The number of hydrogen-bond acceptors (Lipinski definition) is 9. The maximum absolute atomic E-state index is 12.9. The molecule has 0 aliphatic rings. The van der Waals surface area contributed by atoms with E-state index in [1.165, 1.54) is 0 Å². The number of imidazole rings is 1. The highest BCUT2D eigenvalue weighted by Gasteiger charge is 2.31. The van der Waals surface area contributed by atoms with Crippen molar-refractivity contribution in [1.29, 1.82) is 0 Å². The topological polar surface area (TPSA) is 172 Å². The molecular formula is C34H45N7O6. The largest absolute Gasteiger partial charge is 0.445 e. The van der Waals surface area contributed by atoms with Crippen molar-refractivity contribution < 1.29 is 28.6 Å². The van der Waals surface area contributed by atoms with Gasteiger partial charge in [0, 0.05) is 18.5 Å². The van der Waals surface area contributed by atoms with Gasteiger partial charge in [-0.1, -0.05) is 48.5 Å². The molecule has 0 unspecified atom stereocenters. The minimum atomic E-state index is -1.21. The molecule has 0 aliphatic heterocycles. The first-order chi connectivity index (χ1) is 22.3. The first-order valence-corrected chi connectivity index (χ1v) is 15.6. The second kappa shape index (κ2) is 15.3. The quantitative estimate of drug-likeness (QED) is 0.139. The molecule has 4 aromatic rings. The number of carbonyl (C=O) groups excluding carboxylic acids is 3. The molecule has 5 N–H and O–H groups in total. The number of nitrogens with two attached hydrogens (primary N) is 1. The molecule has 0 spiro atoms. The Balaban J connectivity index is 1.44. The van der Waals surface area contributed by atoms with E-state index in [1.807, 2.05) is 79.9 Å². The number of carbonyl (C=O) groups is 3. The van der Waals surface area contributed by atoms with Crippen LogP contribution >= 0.6 is 0 Å². The van der Waals surface area contributed by atoms with E-state index in [1.54, 1.807) is 20.8 Å². The van der Waals surface area contributed by atoms with Crippen LogP contribution in [0.15, 0.2) is 54.6 Å². The molecule has 0 fully saturated rings. The van der Waals surface area contributed by atoms with Crippen molar-refractivity contribution in [3.63, 3.8) is 0 Å². The van der Waals surface area contributed by atoms with Crippen LogP contribution in [0.5, 0.6) is 0 Å². The SMILES string of the molecule is CCOCc1nc2c(NC(=O)[C@H](C)N)nc3ccccc3c2n1CC(C)(C)OCCNC(=O)C(C)(C)NC(=O)OCc1ccccc1. The Bertz CT molecular complexity index is 1700. The van der Waals surface area contributed by atoms with Gasteiger partial charge >= 0.3 is 6.09 Å². The first kappa shape index (κ1) is 35.3. The van der Waals surface area contributed by atoms with Crippen molar-refractivity contribution >= 4 is 45.7 Å². The van der Waals surface area contributed by atoms with Crippen LogP contribution in [0.4, 0.5) is 10.6 Å². The second-order valence-electron chi connectivity index (χ2n) is 12.4. The molecule has 13 heteroatoms. The predicted molar refractivity (Wildman–Crippen MR) is 180 cm³/mol. The Morgan fingerprint density at radius 2 is 1.68 bits per heavy atom. The number of anilines is 1. The molecule has 2 aromatic carbocycles. The van der Waals surface area contributed by atoms with Crippen molar-refractivity contribution in [3.8, 4) is 0 Å². The number of nitrogens with zero attached hydrogens (tertiary/aromatic N) is 3. The lowest BCUT2D eigenvalue weighted by atomic mass is 10.1. The van der Waals surface area contributed by atoms with Crippen LogP contribution in [-0.2, 0) is 43.6 Å². The van der Waals surface area contributed by atoms with Gasteiger partial charge in [0.2, 0.25) is 11.8 Å². The van der Waals surface area contributed by atoms with Crippen LogP contribution in [0.3, 0.4) is 0 Å². The van der Waals surface area contributed by atoms with Crippen molar-refractivity contribution in [2.75, 3.05) is 25.1 Å². The molecule has 0 bridgehead atoms. The molecule has 0 saturated heterocycles. The van der Waals surface area contributed by atoms with Gasteiger partial charge < -0.3 is 40.5 Å². The van der Waals surface area contributed by atoms with E-state index in [0.29, 0.717) is 35.8 Å². The fourth-order valence-corrected chi connectivity index (χ4v) is 4.88. The summed E-state index contributed by atoms with van der Waals surface area (Å²) in [5.74, 6) is 0.214. The number of benzene rings is 2. The molecule has 4 rings (SSSR count). The van der Waals surface area contributed by atoms with E-state index in [2.05, 4.69) is 20.9 Å². The number of para-hydroxylation sites is 1. The minimum absolute atomic E-state index is 0.0982. The zero-order valence-corrected chi connectivity index (χ0v) is 27.9. The van der Waals surface area contributed by atoms with Gasteiger partial charge in [-0.15, -0.1) is 0 Å². The summed E-state index contributed by atoms with van der Waals surface area (Å²) in [6, 6.07) is 16.2. The molecule has 2 heterocycles. The smallest absolute Gasteiger partial charge is 0.408 e. The number of pyridine rings is 1. The van der Waals surface area contributed by atoms with E-state index in [0.717, 1.165) is 16.5 Å². The lowest BCUT2D eigenvalue weighted by Crippen LogP contribution is -2.55. The van der Waals surface area contributed by atoms with Crippen molar-refractivity contribution in [2.24, 2.45) is 5.73 Å². The third-order valence-electron chi connectivity index (χ3n) is 7.37. The number of alkyl carbamates (subject to hydrolysis) is 1. The maximum Gasteiger partial charge on any atom is 0.408 e. The van der Waals surface area contributed by atoms with Gasteiger partial charge in [0.25, 0.3) is 0 Å². The summed E-state index contributed by atoms with van der Waals surface area (Å²) in [5, 5.41) is 9.13. The van der Waals surface area contributed by atoms with Crippen LogP contribution < -0.4 is 21.7 Å². The molecule has 0 radical (unpaired) electrons. The van der Waals surface area contributed by atoms with E-state index < -0.39 is 23.3 Å². The molecule has 0 saturated carbocycles. The number of fused-ring (bicyclic) bond motifs is 3. The summed E-state index contributed by atoms with van der Waals surface area (Å²) in [6.45, 7) is 12.2. The number of ether oxygens (including phenoxy) is 3. The highest BCUT2D eigenvalue weighted by molar-refractivity contribution is 6.10. The first-order valence-electron chi connectivity index (χ1n) is 15.6. The Morgan fingerprint density at radius 1 is 0.979 bits per heavy atom. The highest BCUT2D eigenvalue weighted by atomic mass is 16.5. The lowest BCUT2D eigenvalue weighted by Gasteiger charge is -2.28. The molecule has 2 aromatic heterocycles. The van der Waals surface area contributed by atoms with Gasteiger partial charge in [-0.2, -0.15) is 0 Å². The van der Waals surface area contributed by atoms with E-state index in [9.17, 15) is 14.4 Å². The predicted octanol–water partition coefficient (Wildman–Crippen LogP) is 4.02. The second-order valence-corrected chi connectivity index (χ2v) is 12.4. The number of aromatic nitrogens is 3. The van der Waals surface area contributed by atoms with Crippen LogP contribution in [-0.4, -0.2) is 69.4 Å². The summed E-state index contributed by atoms with van der Waals surface area (Å²) in [7, 11) is 0. The highest BCUT2D eigenvalue weighted by Crippen LogP contribution is 2.32. The van der Waals surface area contributed by atoms with Gasteiger partial charge in [0.1, 0.15) is 30.1 Å². The van der Waals surface area contributed by atoms with Gasteiger partial charge in [-0.3, -0.25) is 9.59 Å². The van der Waals surface area contributed by atoms with Crippen molar-refractivity contribution in [3.05, 3.63) is 66.0 Å². The maximum atomic E-state index is 12.9. The van der Waals surface area contributed by atoms with E-state index in [-0.39, 0.29) is 38.2 Å². The molecule has 252 valence electrons. The Labute approximate surface area is 274 Å². The summed E-state index contributed by atoms with van der Waals surface area (Å²) in [4.78, 5) is 47.4. The van der Waals surface area contributed by atoms with Gasteiger partial charge in [0.15, 0.2) is 5.82 Å². The fraction of sp³-hybridized carbons (Fsp3) is 0.441. The van der Waals surface area contributed by atoms with Crippen LogP contribution in [0.2, 0.25) is 0 Å². The van der Waals surface area contributed by atoms with Crippen molar-refractivity contribution in [2.45, 2.75) is 78.5 Å². The van der Waals surface area contributed by atoms with Crippen LogP contribution in [0.25, 0.3) is 21.9 Å². The Hall–Kier alpha value is -4.59. The molecule has 47 heavy (non-hydrogen) atoms. The molecule has 1 atom stereocenters. The molecular weight excluding hydrogens is 602 g/mol. The average molecular weight is 648 g/mol. The number of amides is 3. The molecule has 0 aliphatic carbocycles. The van der Waals surface area contributed by atoms with E-state index >= 15 is 0 Å². The minimum Gasteiger partial charge on any atom is -0.445 e. The number of hydrogen-bond donors (Lipinski definition) is 4. The van der Waals surface area contributed by atoms with Crippen molar-refractivity contribution in [1.82, 2.24) is 25.2 Å². The zero-order chi connectivity index (χ0) is 34.2. The standard InChI is InChI=1S/C34H45N7O6/c1-7-45-20-26-38-27-28(24-15-11-12-16-25(24)37-29(27)39-30(42)22(2)35)41(26)21-33(3,4)47-18-17-36-31(43)34(5,6)40-32(44)46-19-23-13-9-8-10-14-23/h8-16,22H,7,17-21,35H2,1-6H3,(H,36,43)(H,40,44)(H,37,39,42)/t22-/m0/s1. The summed E-state index contributed by atoms with van der Waals surface area (Å²) in [5.41, 5.74) is 6.73. The fourth-order valence-electron chi connectivity index (χ4n) is 4.88. The van der Waals surface area contributed by atoms with Gasteiger partial charge in [-0.25, -0.2) is 14.8 Å². The summed E-state index contributed by atoms with van der Waals surface area (Å²) in [6.07, 6.45) is -0.690. The summed E-state index contributed by atoms with van der Waals surface area (Å²) >= 11 is 0. The third-order valence-corrected chi connectivity index (χ3v) is 7.37. The van der Waals surface area contributed by atoms with Crippen LogP contribution in [0, 0.1) is 0 Å².